The van der Waals surface area contributed by atoms with Crippen molar-refractivity contribution in [2.45, 2.75) is 6.10 Å². The maximum atomic E-state index is 11.1. The van der Waals surface area contributed by atoms with Gasteiger partial charge in [-0.1, -0.05) is 6.07 Å². The number of hydrogen-bond donors (Lipinski definition) is 0. The maximum absolute atomic E-state index is 11.1. The summed E-state index contributed by atoms with van der Waals surface area (Å²) in [5, 5.41) is 9.10. The summed E-state index contributed by atoms with van der Waals surface area (Å²) in [5.74, 6) is 0. The molecule has 0 N–H and O–H groups in total. The summed E-state index contributed by atoms with van der Waals surface area (Å²) in [5.41, 5.74) is -0.0871. The molecule has 1 aliphatic rings. The van der Waals surface area contributed by atoms with Crippen molar-refractivity contribution in [3.05, 3.63) is 36.2 Å². The van der Waals surface area contributed by atoms with E-state index in [4.69, 9.17) is 10.00 Å². The van der Waals surface area contributed by atoms with Gasteiger partial charge in [0.25, 0.3) is 0 Å². The quantitative estimate of drug-likeness (QED) is 0.746. The average Bonchev–Trinajstić information content (AvgIpc) is 2.47. The number of rotatable bonds is 3. The lowest BCUT2D eigenvalue weighted by Crippen LogP contribution is -2.39. The first-order valence-electron chi connectivity index (χ1n) is 5.34. The smallest absolute Gasteiger partial charge is 0.177 e. The van der Waals surface area contributed by atoms with E-state index < -0.39 is 11.5 Å². The van der Waals surface area contributed by atoms with E-state index in [2.05, 4.69) is 9.98 Å². The summed E-state index contributed by atoms with van der Waals surface area (Å²) in [7, 11) is 1.45. The van der Waals surface area contributed by atoms with E-state index in [1.807, 2.05) is 12.1 Å². The zero-order valence-electron chi connectivity index (χ0n) is 9.78. The summed E-state index contributed by atoms with van der Waals surface area (Å²) in [6, 6.07) is 7.38. The van der Waals surface area contributed by atoms with Gasteiger partial charge in [-0.3, -0.25) is 9.98 Å². The number of hydrogen-bond acceptors (Lipinski definition) is 5. The molecule has 0 saturated carbocycles. The highest BCUT2D eigenvalue weighted by Gasteiger charge is 2.39. The highest BCUT2D eigenvalue weighted by atomic mass is 16.5. The van der Waals surface area contributed by atoms with Gasteiger partial charge in [0.2, 0.25) is 0 Å². The number of nitriles is 1. The fourth-order valence-electron chi connectivity index (χ4n) is 1.72. The molecule has 5 heteroatoms. The van der Waals surface area contributed by atoms with Gasteiger partial charge in [0.05, 0.1) is 17.5 Å². The van der Waals surface area contributed by atoms with Gasteiger partial charge in [-0.25, -0.2) is 0 Å². The number of aldehydes is 1. The third kappa shape index (κ3) is 1.94. The predicted octanol–water partition coefficient (Wildman–Crippen LogP) is 1.23. The van der Waals surface area contributed by atoms with Gasteiger partial charge in [0, 0.05) is 19.5 Å². The number of nitrogens with zero attached hydrogens (tertiary/aromatic N) is 3. The normalized spacial score (nSPS) is 26.2. The van der Waals surface area contributed by atoms with Crippen LogP contribution in [0.5, 0.6) is 0 Å². The molecule has 2 heterocycles. The molecule has 0 aromatic carbocycles. The van der Waals surface area contributed by atoms with Crippen LogP contribution in [-0.2, 0) is 9.53 Å². The summed E-state index contributed by atoms with van der Waals surface area (Å²) in [6.07, 6.45) is 4.50. The molecule has 1 aromatic heterocycles. The van der Waals surface area contributed by atoms with E-state index in [9.17, 15) is 4.79 Å². The SMILES string of the molecule is COC1C=C(c2ccccn2)N=CC1(C#N)C=O. The molecule has 2 atom stereocenters. The molecule has 0 spiro atoms. The van der Waals surface area contributed by atoms with Crippen molar-refractivity contribution in [3.63, 3.8) is 0 Å². The van der Waals surface area contributed by atoms with Crippen LogP contribution in [0.4, 0.5) is 0 Å². The minimum Gasteiger partial charge on any atom is -0.375 e. The van der Waals surface area contributed by atoms with Crippen molar-refractivity contribution in [2.24, 2.45) is 10.4 Å². The van der Waals surface area contributed by atoms with Crippen LogP contribution < -0.4 is 0 Å². The molecule has 0 fully saturated rings. The Morgan fingerprint density at radius 1 is 1.56 bits per heavy atom. The summed E-state index contributed by atoms with van der Waals surface area (Å²) >= 11 is 0. The predicted molar refractivity (Wildman–Crippen MR) is 65.6 cm³/mol. The fraction of sp³-hybridized carbons (Fsp3) is 0.231. The Balaban J connectivity index is 2.40. The molecular formula is C13H11N3O2. The van der Waals surface area contributed by atoms with E-state index in [1.165, 1.54) is 13.3 Å². The molecule has 1 aromatic rings. The topological polar surface area (TPSA) is 75.3 Å². The van der Waals surface area contributed by atoms with Gasteiger partial charge in [0.1, 0.15) is 12.4 Å². The molecule has 0 amide bonds. The van der Waals surface area contributed by atoms with Gasteiger partial charge in [0.15, 0.2) is 5.41 Å². The number of aromatic nitrogens is 1. The molecule has 5 nitrogen and oxygen atoms in total. The first-order valence-corrected chi connectivity index (χ1v) is 5.34. The van der Waals surface area contributed by atoms with E-state index >= 15 is 0 Å². The Hall–Kier alpha value is -2.32. The highest BCUT2D eigenvalue weighted by molar-refractivity contribution is 5.96. The van der Waals surface area contributed by atoms with Crippen LogP contribution in [0, 0.1) is 16.7 Å². The van der Waals surface area contributed by atoms with E-state index in [-0.39, 0.29) is 0 Å². The number of carbonyl (C=O) groups excluding carboxylic acids is 1. The number of methoxy groups -OCH3 is 1. The third-order valence-electron chi connectivity index (χ3n) is 2.77. The second-order valence-corrected chi connectivity index (χ2v) is 3.84. The van der Waals surface area contributed by atoms with Crippen LogP contribution >= 0.6 is 0 Å². The average molecular weight is 241 g/mol. The van der Waals surface area contributed by atoms with Crippen molar-refractivity contribution in [1.82, 2.24) is 4.98 Å². The van der Waals surface area contributed by atoms with E-state index in [0.29, 0.717) is 17.7 Å². The van der Waals surface area contributed by atoms with Gasteiger partial charge < -0.3 is 9.53 Å². The zero-order valence-corrected chi connectivity index (χ0v) is 9.78. The van der Waals surface area contributed by atoms with Crippen molar-refractivity contribution in [2.75, 3.05) is 7.11 Å². The fourth-order valence-corrected chi connectivity index (χ4v) is 1.72. The molecule has 18 heavy (non-hydrogen) atoms. The Labute approximate surface area is 104 Å². The van der Waals surface area contributed by atoms with Gasteiger partial charge in [-0.05, 0) is 18.2 Å². The minimum absolute atomic E-state index is 0.552. The van der Waals surface area contributed by atoms with Crippen LogP contribution in [-0.4, -0.2) is 30.7 Å². The summed E-state index contributed by atoms with van der Waals surface area (Å²) in [6.45, 7) is 0. The summed E-state index contributed by atoms with van der Waals surface area (Å²) in [4.78, 5) is 19.4. The van der Waals surface area contributed by atoms with Crippen LogP contribution in [0.1, 0.15) is 5.69 Å². The van der Waals surface area contributed by atoms with Crippen LogP contribution in [0.2, 0.25) is 0 Å². The largest absolute Gasteiger partial charge is 0.375 e. The van der Waals surface area contributed by atoms with Gasteiger partial charge in [-0.2, -0.15) is 5.26 Å². The van der Waals surface area contributed by atoms with Crippen LogP contribution in [0.25, 0.3) is 5.70 Å². The first kappa shape index (κ1) is 12.1. The lowest BCUT2D eigenvalue weighted by molar-refractivity contribution is -0.114. The molecule has 0 bridgehead atoms. The lowest BCUT2D eigenvalue weighted by Gasteiger charge is -2.26. The molecule has 2 unspecified atom stereocenters. The molecule has 2 rings (SSSR count). The summed E-state index contributed by atoms with van der Waals surface area (Å²) < 4.78 is 5.19. The Morgan fingerprint density at radius 2 is 2.39 bits per heavy atom. The van der Waals surface area contributed by atoms with Crippen LogP contribution in [0.3, 0.4) is 0 Å². The molecule has 90 valence electrons. The van der Waals surface area contributed by atoms with E-state index in [1.54, 1.807) is 24.4 Å². The Kier molecular flexibility index (Phi) is 3.31. The number of pyridine rings is 1. The second kappa shape index (κ2) is 4.90. The molecule has 0 saturated heterocycles. The maximum Gasteiger partial charge on any atom is 0.177 e. The van der Waals surface area contributed by atoms with Gasteiger partial charge in [-0.15, -0.1) is 0 Å². The number of ether oxygens (including phenoxy) is 1. The van der Waals surface area contributed by atoms with Crippen molar-refractivity contribution in [1.29, 1.82) is 5.26 Å². The number of aliphatic imine (C=N–C) groups is 1. The van der Waals surface area contributed by atoms with Crippen LogP contribution in [0.15, 0.2) is 35.5 Å². The van der Waals surface area contributed by atoms with Crippen molar-refractivity contribution >= 4 is 18.2 Å². The monoisotopic (exact) mass is 241 g/mol. The standard InChI is InChI=1S/C13H11N3O2/c1-18-12-6-11(10-4-2-3-5-15-10)16-8-13(12,7-14)9-17/h2-6,8-9,12H,1H3. The first-order chi connectivity index (χ1) is 8.75. The zero-order chi connectivity index (χ0) is 13.0. The van der Waals surface area contributed by atoms with Crippen molar-refractivity contribution < 1.29 is 9.53 Å². The molecule has 0 radical (unpaired) electrons. The molecule has 1 aliphatic heterocycles. The lowest BCUT2D eigenvalue weighted by atomic mass is 9.84. The second-order valence-electron chi connectivity index (χ2n) is 3.84. The van der Waals surface area contributed by atoms with E-state index in [0.717, 1.165) is 0 Å². The van der Waals surface area contributed by atoms with Crippen molar-refractivity contribution in [3.8, 4) is 6.07 Å². The molecule has 0 aliphatic carbocycles. The Bertz CT molecular complexity index is 545. The third-order valence-corrected chi connectivity index (χ3v) is 2.77. The minimum atomic E-state index is -1.35. The number of carbonyl (C=O) groups is 1. The van der Waals surface area contributed by atoms with Gasteiger partial charge >= 0.3 is 0 Å². The Morgan fingerprint density at radius 3 is 2.94 bits per heavy atom. The molecular weight excluding hydrogens is 230 g/mol. The highest BCUT2D eigenvalue weighted by Crippen LogP contribution is 2.29.